The fraction of sp³-hybridized carbons (Fsp3) is 0.409. The Morgan fingerprint density at radius 3 is 2.26 bits per heavy atom. The van der Waals surface area contributed by atoms with E-state index in [0.717, 1.165) is 55.9 Å². The first-order chi connectivity index (χ1) is 14.6. The molecule has 2 aliphatic rings. The van der Waals surface area contributed by atoms with Crippen molar-refractivity contribution in [2.24, 2.45) is 5.92 Å². The smallest absolute Gasteiger partial charge is 0.379 e. The Morgan fingerprint density at radius 1 is 1.03 bits per heavy atom. The lowest BCUT2D eigenvalue weighted by Crippen LogP contribution is -2.39. The molecule has 0 N–H and O–H groups in total. The molecule has 0 radical (unpaired) electrons. The molecule has 0 saturated heterocycles. The quantitative estimate of drug-likeness (QED) is 0.567. The summed E-state index contributed by atoms with van der Waals surface area (Å²) in [5, 5.41) is 0. The van der Waals surface area contributed by atoms with Gasteiger partial charge in [0.05, 0.1) is 5.56 Å². The summed E-state index contributed by atoms with van der Waals surface area (Å²) in [4.78, 5) is 14.0. The van der Waals surface area contributed by atoms with Crippen molar-refractivity contribution in [1.82, 2.24) is 4.90 Å². The number of halogens is 3. The molecule has 2 aromatic carbocycles. The lowest BCUT2D eigenvalue weighted by Gasteiger charge is -2.32. The standard InChI is InChI=1S/C22H22F3NO4S/c23-22(24,25)17-5-2-6-20(13-17)31(28,29)30-19-11-7-15(8-12-19)14-26(18-9-10-18)21(27)16-3-1-4-16/h2,5-8,11-13,16,18H,1,3-4,9-10,14H2. The maximum absolute atomic E-state index is 12.9. The molecule has 0 unspecified atom stereocenters. The second kappa shape index (κ2) is 8.18. The molecule has 166 valence electrons. The molecule has 2 fully saturated rings. The van der Waals surface area contributed by atoms with Gasteiger partial charge in [0, 0.05) is 18.5 Å². The Morgan fingerprint density at radius 2 is 1.71 bits per heavy atom. The van der Waals surface area contributed by atoms with Crippen LogP contribution in [0.15, 0.2) is 53.4 Å². The number of nitrogens with zero attached hydrogens (tertiary/aromatic N) is 1. The number of benzene rings is 2. The van der Waals surface area contributed by atoms with Crippen LogP contribution in [0.25, 0.3) is 0 Å². The second-order valence-electron chi connectivity index (χ2n) is 8.03. The van der Waals surface area contributed by atoms with Crippen molar-refractivity contribution in [1.29, 1.82) is 0 Å². The van der Waals surface area contributed by atoms with Crippen LogP contribution >= 0.6 is 0 Å². The third-order valence-electron chi connectivity index (χ3n) is 5.66. The fourth-order valence-electron chi connectivity index (χ4n) is 3.51. The van der Waals surface area contributed by atoms with E-state index in [-0.39, 0.29) is 23.6 Å². The first-order valence-corrected chi connectivity index (χ1v) is 11.6. The van der Waals surface area contributed by atoms with Gasteiger partial charge in [-0.3, -0.25) is 4.79 Å². The van der Waals surface area contributed by atoms with E-state index < -0.39 is 26.8 Å². The maximum Gasteiger partial charge on any atom is 0.416 e. The van der Waals surface area contributed by atoms with Crippen LogP contribution in [0.2, 0.25) is 0 Å². The molecule has 0 aromatic heterocycles. The van der Waals surface area contributed by atoms with Gasteiger partial charge in [0.1, 0.15) is 10.6 Å². The summed E-state index contributed by atoms with van der Waals surface area (Å²) in [7, 11) is -4.42. The maximum atomic E-state index is 12.9. The number of hydrogen-bond donors (Lipinski definition) is 0. The van der Waals surface area contributed by atoms with Crippen LogP contribution in [0.5, 0.6) is 5.75 Å². The van der Waals surface area contributed by atoms with Crippen LogP contribution in [0.4, 0.5) is 13.2 Å². The van der Waals surface area contributed by atoms with E-state index in [1.807, 2.05) is 4.90 Å². The summed E-state index contributed by atoms with van der Waals surface area (Å²) in [6.45, 7) is 0.445. The van der Waals surface area contributed by atoms with Crippen LogP contribution < -0.4 is 4.18 Å². The van der Waals surface area contributed by atoms with E-state index in [0.29, 0.717) is 12.6 Å². The van der Waals surface area contributed by atoms with Crippen molar-refractivity contribution in [3.05, 3.63) is 59.7 Å². The molecule has 0 atom stereocenters. The Kier molecular flexibility index (Phi) is 5.72. The SMILES string of the molecule is O=C(C1CCC1)N(Cc1ccc(OS(=O)(=O)c2cccc(C(F)(F)F)c2)cc1)C1CC1. The molecule has 0 aliphatic heterocycles. The van der Waals surface area contributed by atoms with Crippen LogP contribution in [0, 0.1) is 5.92 Å². The molecular weight excluding hydrogens is 431 g/mol. The van der Waals surface area contributed by atoms with Crippen molar-refractivity contribution in [2.75, 3.05) is 0 Å². The zero-order valence-electron chi connectivity index (χ0n) is 16.6. The minimum absolute atomic E-state index is 0.00977. The van der Waals surface area contributed by atoms with Crippen LogP contribution in [-0.4, -0.2) is 25.3 Å². The van der Waals surface area contributed by atoms with Gasteiger partial charge in [0.2, 0.25) is 5.91 Å². The summed E-state index contributed by atoms with van der Waals surface area (Å²) in [6, 6.07) is 9.91. The van der Waals surface area contributed by atoms with E-state index in [4.69, 9.17) is 4.18 Å². The highest BCUT2D eigenvalue weighted by Crippen LogP contribution is 2.35. The van der Waals surface area contributed by atoms with Gasteiger partial charge in [-0.25, -0.2) is 0 Å². The third-order valence-corrected chi connectivity index (χ3v) is 6.90. The molecular formula is C22H22F3NO4S. The van der Waals surface area contributed by atoms with Gasteiger partial charge in [0.25, 0.3) is 0 Å². The molecule has 9 heteroatoms. The highest BCUT2D eigenvalue weighted by atomic mass is 32.2. The highest BCUT2D eigenvalue weighted by Gasteiger charge is 2.37. The number of alkyl halides is 3. The minimum atomic E-state index is -4.66. The van der Waals surface area contributed by atoms with E-state index in [1.54, 1.807) is 12.1 Å². The molecule has 4 rings (SSSR count). The van der Waals surface area contributed by atoms with E-state index in [1.165, 1.54) is 12.1 Å². The number of rotatable bonds is 7. The van der Waals surface area contributed by atoms with E-state index in [2.05, 4.69) is 0 Å². The van der Waals surface area contributed by atoms with Crippen molar-refractivity contribution in [2.45, 2.75) is 55.8 Å². The van der Waals surface area contributed by atoms with Crippen molar-refractivity contribution >= 4 is 16.0 Å². The Labute approximate surface area is 178 Å². The Bertz CT molecular complexity index is 1060. The number of amides is 1. The van der Waals surface area contributed by atoms with Gasteiger partial charge in [-0.15, -0.1) is 0 Å². The molecule has 1 amide bonds. The lowest BCUT2D eigenvalue weighted by atomic mass is 9.84. The zero-order chi connectivity index (χ0) is 22.2. The van der Waals surface area contributed by atoms with Crippen LogP contribution in [0.3, 0.4) is 0 Å². The normalized spacial score (nSPS) is 17.1. The molecule has 31 heavy (non-hydrogen) atoms. The van der Waals surface area contributed by atoms with Crippen molar-refractivity contribution < 1.29 is 30.6 Å². The van der Waals surface area contributed by atoms with E-state index in [9.17, 15) is 26.4 Å². The van der Waals surface area contributed by atoms with Crippen molar-refractivity contribution in [3.8, 4) is 5.75 Å². The number of carbonyl (C=O) groups is 1. The fourth-order valence-corrected chi connectivity index (χ4v) is 4.49. The third kappa shape index (κ3) is 5.03. The molecule has 0 spiro atoms. The summed E-state index contributed by atoms with van der Waals surface area (Å²) in [6.07, 6.45) is 0.285. The van der Waals surface area contributed by atoms with Gasteiger partial charge in [-0.05, 0) is 61.6 Å². The minimum Gasteiger partial charge on any atom is -0.379 e. The molecule has 2 aromatic rings. The van der Waals surface area contributed by atoms with Crippen LogP contribution in [-0.2, 0) is 27.6 Å². The average Bonchev–Trinajstić information content (AvgIpc) is 3.50. The van der Waals surface area contributed by atoms with E-state index >= 15 is 0 Å². The Balaban J connectivity index is 1.45. The zero-order valence-corrected chi connectivity index (χ0v) is 17.5. The van der Waals surface area contributed by atoms with Gasteiger partial charge in [0.15, 0.2) is 0 Å². The molecule has 0 heterocycles. The van der Waals surface area contributed by atoms with Gasteiger partial charge < -0.3 is 9.08 Å². The Hall–Kier alpha value is -2.55. The largest absolute Gasteiger partial charge is 0.416 e. The first kappa shape index (κ1) is 21.7. The molecule has 2 saturated carbocycles. The topological polar surface area (TPSA) is 63.7 Å². The predicted octanol–water partition coefficient (Wildman–Crippen LogP) is 4.76. The summed E-state index contributed by atoms with van der Waals surface area (Å²) < 4.78 is 68.4. The van der Waals surface area contributed by atoms with Gasteiger partial charge >= 0.3 is 16.3 Å². The van der Waals surface area contributed by atoms with Crippen molar-refractivity contribution in [3.63, 3.8) is 0 Å². The monoisotopic (exact) mass is 453 g/mol. The number of hydrogen-bond acceptors (Lipinski definition) is 4. The summed E-state index contributed by atoms with van der Waals surface area (Å²) >= 11 is 0. The van der Waals surface area contributed by atoms with Crippen LogP contribution in [0.1, 0.15) is 43.2 Å². The first-order valence-electron chi connectivity index (χ1n) is 10.1. The highest BCUT2D eigenvalue weighted by molar-refractivity contribution is 7.87. The predicted molar refractivity (Wildman–Crippen MR) is 107 cm³/mol. The van der Waals surface area contributed by atoms with Gasteiger partial charge in [-0.1, -0.05) is 24.6 Å². The molecule has 5 nitrogen and oxygen atoms in total. The average molecular weight is 453 g/mol. The second-order valence-corrected chi connectivity index (χ2v) is 9.58. The molecule has 2 aliphatic carbocycles. The molecule has 0 bridgehead atoms. The number of carbonyl (C=O) groups excluding carboxylic acids is 1. The lowest BCUT2D eigenvalue weighted by molar-refractivity contribution is -0.139. The summed E-state index contributed by atoms with van der Waals surface area (Å²) in [5.74, 6) is 0.284. The summed E-state index contributed by atoms with van der Waals surface area (Å²) in [5.41, 5.74) is -0.229. The van der Waals surface area contributed by atoms with Gasteiger partial charge in [-0.2, -0.15) is 21.6 Å².